The Morgan fingerprint density at radius 1 is 1.56 bits per heavy atom. The number of nitrogens with two attached hydrogens (primary N) is 1. The fourth-order valence-electron chi connectivity index (χ4n) is 1.22. The molecule has 0 spiro atoms. The predicted molar refractivity (Wildman–Crippen MR) is 63.3 cm³/mol. The number of halogens is 1. The molecule has 0 amide bonds. The Morgan fingerprint density at radius 3 is 3.12 bits per heavy atom. The molecule has 16 heavy (non-hydrogen) atoms. The number of nitrogen functional groups attached to an aromatic ring is 1. The van der Waals surface area contributed by atoms with Crippen molar-refractivity contribution in [3.63, 3.8) is 0 Å². The third-order valence-electron chi connectivity index (χ3n) is 2.06. The Balaban J connectivity index is 2.29. The Bertz CT molecular complexity index is 498. The SMILES string of the molecule is CCCCOc1nc(N)c2ncc(Br)n2n1. The second-order valence-corrected chi connectivity index (χ2v) is 4.11. The molecular formula is C9H12BrN5O. The van der Waals surface area contributed by atoms with Crippen LogP contribution in [0.15, 0.2) is 10.8 Å². The number of nitrogens with zero attached hydrogens (tertiary/aromatic N) is 4. The molecule has 2 heterocycles. The predicted octanol–water partition coefficient (Wildman–Crippen LogP) is 1.65. The zero-order valence-electron chi connectivity index (χ0n) is 8.85. The highest BCUT2D eigenvalue weighted by molar-refractivity contribution is 9.10. The van der Waals surface area contributed by atoms with E-state index in [2.05, 4.69) is 37.9 Å². The molecule has 0 saturated carbocycles. The molecule has 0 atom stereocenters. The first kappa shape index (κ1) is 11.1. The molecule has 0 radical (unpaired) electrons. The normalized spacial score (nSPS) is 10.9. The van der Waals surface area contributed by atoms with Gasteiger partial charge in [0, 0.05) is 0 Å². The number of ether oxygens (including phenoxy) is 1. The number of fused-ring (bicyclic) bond motifs is 1. The van der Waals surface area contributed by atoms with E-state index in [1.807, 2.05) is 0 Å². The molecule has 0 aliphatic carbocycles. The number of unbranched alkanes of at least 4 members (excludes halogenated alkanes) is 1. The van der Waals surface area contributed by atoms with E-state index >= 15 is 0 Å². The Kier molecular flexibility index (Phi) is 3.23. The minimum atomic E-state index is 0.275. The maximum Gasteiger partial charge on any atom is 0.336 e. The minimum absolute atomic E-state index is 0.275. The summed E-state index contributed by atoms with van der Waals surface area (Å²) in [5.41, 5.74) is 6.26. The standard InChI is InChI=1S/C9H12BrN5O/c1-2-3-4-16-9-13-7(11)8-12-5-6(10)15(8)14-9/h5H,2-4H2,1H3,(H2,11,13,14). The van der Waals surface area contributed by atoms with E-state index in [0.717, 1.165) is 17.4 Å². The number of anilines is 1. The molecule has 2 N–H and O–H groups in total. The van der Waals surface area contributed by atoms with Crippen molar-refractivity contribution < 1.29 is 4.74 Å². The van der Waals surface area contributed by atoms with E-state index in [4.69, 9.17) is 10.5 Å². The topological polar surface area (TPSA) is 78.3 Å². The van der Waals surface area contributed by atoms with Crippen LogP contribution in [0.4, 0.5) is 5.82 Å². The highest BCUT2D eigenvalue weighted by Crippen LogP contribution is 2.17. The minimum Gasteiger partial charge on any atom is -0.462 e. The highest BCUT2D eigenvalue weighted by atomic mass is 79.9. The van der Waals surface area contributed by atoms with Crippen LogP contribution in [0.25, 0.3) is 5.65 Å². The van der Waals surface area contributed by atoms with Crippen LogP contribution in [0.2, 0.25) is 0 Å². The monoisotopic (exact) mass is 285 g/mol. The van der Waals surface area contributed by atoms with E-state index in [-0.39, 0.29) is 6.01 Å². The quantitative estimate of drug-likeness (QED) is 0.864. The van der Waals surface area contributed by atoms with Gasteiger partial charge in [0.15, 0.2) is 11.5 Å². The first-order valence-corrected chi connectivity index (χ1v) is 5.81. The largest absolute Gasteiger partial charge is 0.462 e. The van der Waals surface area contributed by atoms with Crippen molar-refractivity contribution in [2.45, 2.75) is 19.8 Å². The molecule has 0 aliphatic rings. The van der Waals surface area contributed by atoms with Crippen molar-refractivity contribution in [2.75, 3.05) is 12.3 Å². The Hall–Kier alpha value is -1.37. The summed E-state index contributed by atoms with van der Waals surface area (Å²) < 4.78 is 7.67. The van der Waals surface area contributed by atoms with Gasteiger partial charge in [-0.05, 0) is 22.4 Å². The van der Waals surface area contributed by atoms with Crippen molar-refractivity contribution >= 4 is 27.4 Å². The van der Waals surface area contributed by atoms with Gasteiger partial charge in [-0.25, -0.2) is 4.98 Å². The average molecular weight is 286 g/mol. The second kappa shape index (κ2) is 4.65. The summed E-state index contributed by atoms with van der Waals surface area (Å²) in [7, 11) is 0. The van der Waals surface area contributed by atoms with Gasteiger partial charge in [-0.2, -0.15) is 9.50 Å². The van der Waals surface area contributed by atoms with Gasteiger partial charge in [-0.15, -0.1) is 5.10 Å². The maximum absolute atomic E-state index is 5.74. The van der Waals surface area contributed by atoms with Crippen LogP contribution in [0.1, 0.15) is 19.8 Å². The molecule has 0 fully saturated rings. The summed E-state index contributed by atoms with van der Waals surface area (Å²) in [4.78, 5) is 8.09. The molecule has 0 aromatic carbocycles. The van der Waals surface area contributed by atoms with Crippen LogP contribution in [-0.4, -0.2) is 26.2 Å². The van der Waals surface area contributed by atoms with E-state index in [9.17, 15) is 0 Å². The van der Waals surface area contributed by atoms with Gasteiger partial charge < -0.3 is 10.5 Å². The molecule has 2 aromatic heterocycles. The number of imidazole rings is 1. The van der Waals surface area contributed by atoms with Gasteiger partial charge in [-0.1, -0.05) is 13.3 Å². The van der Waals surface area contributed by atoms with Crippen molar-refractivity contribution in [1.82, 2.24) is 19.6 Å². The summed E-state index contributed by atoms with van der Waals surface area (Å²) in [6.45, 7) is 2.68. The van der Waals surface area contributed by atoms with Crippen LogP contribution >= 0.6 is 15.9 Å². The van der Waals surface area contributed by atoms with Gasteiger partial charge in [0.2, 0.25) is 0 Å². The molecule has 0 bridgehead atoms. The highest BCUT2D eigenvalue weighted by Gasteiger charge is 2.09. The lowest BCUT2D eigenvalue weighted by Crippen LogP contribution is -2.07. The lowest BCUT2D eigenvalue weighted by molar-refractivity contribution is 0.280. The van der Waals surface area contributed by atoms with Crippen LogP contribution in [0.5, 0.6) is 6.01 Å². The lowest BCUT2D eigenvalue weighted by Gasteiger charge is -2.04. The first-order chi connectivity index (χ1) is 7.72. The van der Waals surface area contributed by atoms with Crippen LogP contribution in [0, 0.1) is 0 Å². The third kappa shape index (κ3) is 2.08. The molecular weight excluding hydrogens is 274 g/mol. The van der Waals surface area contributed by atoms with E-state index < -0.39 is 0 Å². The molecule has 7 heteroatoms. The lowest BCUT2D eigenvalue weighted by atomic mass is 10.4. The molecule has 0 unspecified atom stereocenters. The van der Waals surface area contributed by atoms with E-state index in [1.165, 1.54) is 0 Å². The summed E-state index contributed by atoms with van der Waals surface area (Å²) >= 11 is 3.32. The molecule has 0 saturated heterocycles. The summed E-state index contributed by atoms with van der Waals surface area (Å²) in [5.74, 6) is 0.312. The summed E-state index contributed by atoms with van der Waals surface area (Å²) in [6, 6.07) is 0.275. The van der Waals surface area contributed by atoms with Gasteiger partial charge in [0.1, 0.15) is 4.60 Å². The van der Waals surface area contributed by atoms with Gasteiger partial charge in [0.05, 0.1) is 12.8 Å². The number of rotatable bonds is 4. The summed E-state index contributed by atoms with van der Waals surface area (Å²) in [6.07, 6.45) is 3.65. The van der Waals surface area contributed by atoms with Crippen LogP contribution in [-0.2, 0) is 0 Å². The second-order valence-electron chi connectivity index (χ2n) is 3.30. The fourth-order valence-corrected chi connectivity index (χ4v) is 1.57. The van der Waals surface area contributed by atoms with E-state index in [0.29, 0.717) is 18.1 Å². The third-order valence-corrected chi connectivity index (χ3v) is 2.60. The van der Waals surface area contributed by atoms with Gasteiger partial charge >= 0.3 is 6.01 Å². The number of hydrogen-bond donors (Lipinski definition) is 1. The first-order valence-electron chi connectivity index (χ1n) is 5.02. The van der Waals surface area contributed by atoms with Crippen LogP contribution in [0.3, 0.4) is 0 Å². The Labute approximate surface area is 101 Å². The van der Waals surface area contributed by atoms with E-state index in [1.54, 1.807) is 10.7 Å². The Morgan fingerprint density at radius 2 is 2.38 bits per heavy atom. The molecule has 2 rings (SSSR count). The van der Waals surface area contributed by atoms with Crippen molar-refractivity contribution in [2.24, 2.45) is 0 Å². The van der Waals surface area contributed by atoms with Gasteiger partial charge in [0.25, 0.3) is 0 Å². The number of aromatic nitrogens is 4. The zero-order chi connectivity index (χ0) is 11.5. The summed E-state index contributed by atoms with van der Waals surface area (Å²) in [5, 5.41) is 4.16. The average Bonchev–Trinajstić information content (AvgIpc) is 2.62. The molecule has 2 aromatic rings. The number of hydrogen-bond acceptors (Lipinski definition) is 5. The van der Waals surface area contributed by atoms with Crippen LogP contribution < -0.4 is 10.5 Å². The van der Waals surface area contributed by atoms with Crippen molar-refractivity contribution in [3.8, 4) is 6.01 Å². The fraction of sp³-hybridized carbons (Fsp3) is 0.444. The zero-order valence-corrected chi connectivity index (χ0v) is 10.4. The van der Waals surface area contributed by atoms with Gasteiger partial charge in [-0.3, -0.25) is 0 Å². The molecule has 0 aliphatic heterocycles. The molecule has 86 valence electrons. The molecule has 6 nitrogen and oxygen atoms in total. The van der Waals surface area contributed by atoms with Crippen molar-refractivity contribution in [3.05, 3.63) is 10.8 Å². The van der Waals surface area contributed by atoms with Crippen molar-refractivity contribution in [1.29, 1.82) is 0 Å². The smallest absolute Gasteiger partial charge is 0.336 e. The maximum atomic E-state index is 5.74.